The standard InChI is InChI=1S/C16H19N3O/c1-12-5-7-13(8-6-12)15-4-3-10-19(15)16(20)14-9-11-18(2)17-14/h5-9,11,15H,3-4,10H2,1-2H3/t15-/m1/s1. The highest BCUT2D eigenvalue weighted by atomic mass is 16.2. The third-order valence-electron chi connectivity index (χ3n) is 3.91. The van der Waals surface area contributed by atoms with Crippen molar-refractivity contribution in [2.75, 3.05) is 6.54 Å². The van der Waals surface area contributed by atoms with E-state index in [-0.39, 0.29) is 11.9 Å². The second-order valence-electron chi connectivity index (χ2n) is 5.44. The molecule has 1 aliphatic heterocycles. The maximum absolute atomic E-state index is 12.6. The highest BCUT2D eigenvalue weighted by Gasteiger charge is 2.31. The molecule has 2 aromatic rings. The normalized spacial score (nSPS) is 18.5. The van der Waals surface area contributed by atoms with Gasteiger partial charge < -0.3 is 4.90 Å². The van der Waals surface area contributed by atoms with Gasteiger partial charge in [-0.05, 0) is 31.4 Å². The first-order chi connectivity index (χ1) is 9.65. The molecule has 4 heteroatoms. The lowest BCUT2D eigenvalue weighted by Crippen LogP contribution is -2.31. The van der Waals surface area contributed by atoms with E-state index in [2.05, 4.69) is 36.3 Å². The van der Waals surface area contributed by atoms with Gasteiger partial charge in [0.25, 0.3) is 5.91 Å². The van der Waals surface area contributed by atoms with Gasteiger partial charge in [-0.3, -0.25) is 9.48 Å². The molecule has 1 amide bonds. The zero-order valence-electron chi connectivity index (χ0n) is 11.9. The quantitative estimate of drug-likeness (QED) is 0.840. The largest absolute Gasteiger partial charge is 0.330 e. The van der Waals surface area contributed by atoms with Crippen LogP contribution in [0.1, 0.15) is 40.5 Å². The molecule has 1 saturated heterocycles. The molecule has 1 fully saturated rings. The summed E-state index contributed by atoms with van der Waals surface area (Å²) in [5.74, 6) is 0.0358. The van der Waals surface area contributed by atoms with Gasteiger partial charge in [-0.1, -0.05) is 29.8 Å². The van der Waals surface area contributed by atoms with Gasteiger partial charge in [0.2, 0.25) is 0 Å². The number of aromatic nitrogens is 2. The topological polar surface area (TPSA) is 38.1 Å². The molecule has 1 aromatic carbocycles. The second kappa shape index (κ2) is 5.12. The third-order valence-corrected chi connectivity index (χ3v) is 3.91. The zero-order chi connectivity index (χ0) is 14.1. The molecule has 0 unspecified atom stereocenters. The fourth-order valence-electron chi connectivity index (χ4n) is 2.82. The first-order valence-corrected chi connectivity index (χ1v) is 7.02. The van der Waals surface area contributed by atoms with Crippen molar-refractivity contribution in [3.05, 3.63) is 53.3 Å². The number of aryl methyl sites for hydroxylation is 2. The number of nitrogens with zero attached hydrogens (tertiary/aromatic N) is 3. The maximum Gasteiger partial charge on any atom is 0.274 e. The van der Waals surface area contributed by atoms with Crippen molar-refractivity contribution in [1.82, 2.24) is 14.7 Å². The molecule has 1 aliphatic rings. The maximum atomic E-state index is 12.6. The third kappa shape index (κ3) is 2.33. The summed E-state index contributed by atoms with van der Waals surface area (Å²) in [7, 11) is 1.83. The van der Waals surface area contributed by atoms with Gasteiger partial charge >= 0.3 is 0 Å². The lowest BCUT2D eigenvalue weighted by atomic mass is 10.0. The molecule has 2 heterocycles. The molecular formula is C16H19N3O. The first-order valence-electron chi connectivity index (χ1n) is 7.02. The Labute approximate surface area is 119 Å². The van der Waals surface area contributed by atoms with Crippen LogP contribution >= 0.6 is 0 Å². The summed E-state index contributed by atoms with van der Waals surface area (Å²) in [4.78, 5) is 14.5. The summed E-state index contributed by atoms with van der Waals surface area (Å²) >= 11 is 0. The fourth-order valence-corrected chi connectivity index (χ4v) is 2.82. The molecule has 4 nitrogen and oxygen atoms in total. The van der Waals surface area contributed by atoms with E-state index >= 15 is 0 Å². The Balaban J connectivity index is 1.85. The number of hydrogen-bond acceptors (Lipinski definition) is 2. The van der Waals surface area contributed by atoms with Crippen LogP contribution < -0.4 is 0 Å². The van der Waals surface area contributed by atoms with E-state index in [9.17, 15) is 4.79 Å². The lowest BCUT2D eigenvalue weighted by Gasteiger charge is -2.24. The number of carbonyl (C=O) groups is 1. The molecule has 1 atom stereocenters. The van der Waals surface area contributed by atoms with Crippen molar-refractivity contribution >= 4 is 5.91 Å². The van der Waals surface area contributed by atoms with Gasteiger partial charge in [0.15, 0.2) is 0 Å². The summed E-state index contributed by atoms with van der Waals surface area (Å²) in [5, 5.41) is 4.22. The Morgan fingerprint density at radius 3 is 2.65 bits per heavy atom. The Morgan fingerprint density at radius 2 is 2.00 bits per heavy atom. The summed E-state index contributed by atoms with van der Waals surface area (Å²) in [6.07, 6.45) is 3.89. The van der Waals surface area contributed by atoms with Gasteiger partial charge in [-0.15, -0.1) is 0 Å². The number of rotatable bonds is 2. The summed E-state index contributed by atoms with van der Waals surface area (Å²) < 4.78 is 1.67. The molecule has 0 radical (unpaired) electrons. The van der Waals surface area contributed by atoms with E-state index in [1.54, 1.807) is 10.7 Å². The van der Waals surface area contributed by atoms with E-state index < -0.39 is 0 Å². The SMILES string of the molecule is Cc1ccc([C@H]2CCCN2C(=O)c2ccn(C)n2)cc1. The number of benzene rings is 1. The molecule has 20 heavy (non-hydrogen) atoms. The second-order valence-corrected chi connectivity index (χ2v) is 5.44. The number of hydrogen-bond donors (Lipinski definition) is 0. The van der Waals surface area contributed by atoms with Gasteiger partial charge in [0.05, 0.1) is 6.04 Å². The molecule has 0 saturated carbocycles. The monoisotopic (exact) mass is 269 g/mol. The zero-order valence-corrected chi connectivity index (χ0v) is 11.9. The number of amides is 1. The Bertz CT molecular complexity index is 615. The molecule has 0 spiro atoms. The fraction of sp³-hybridized carbons (Fsp3) is 0.375. The highest BCUT2D eigenvalue weighted by molar-refractivity contribution is 5.92. The van der Waals surface area contributed by atoms with Crippen LogP contribution in [-0.4, -0.2) is 27.1 Å². The van der Waals surface area contributed by atoms with Gasteiger partial charge in [0, 0.05) is 19.8 Å². The van der Waals surface area contributed by atoms with E-state index in [1.165, 1.54) is 11.1 Å². The predicted molar refractivity (Wildman–Crippen MR) is 77.4 cm³/mol. The highest BCUT2D eigenvalue weighted by Crippen LogP contribution is 2.32. The van der Waals surface area contributed by atoms with Gasteiger partial charge in [0.1, 0.15) is 5.69 Å². The minimum atomic E-state index is 0.0358. The van der Waals surface area contributed by atoms with Gasteiger partial charge in [-0.2, -0.15) is 5.10 Å². The van der Waals surface area contributed by atoms with Crippen molar-refractivity contribution in [3.8, 4) is 0 Å². The van der Waals surface area contributed by atoms with E-state index in [4.69, 9.17) is 0 Å². The van der Waals surface area contributed by atoms with Crippen LogP contribution in [0.4, 0.5) is 0 Å². The van der Waals surface area contributed by atoms with Crippen LogP contribution in [0, 0.1) is 6.92 Å². The molecule has 0 N–H and O–H groups in total. The summed E-state index contributed by atoms with van der Waals surface area (Å²) in [6, 6.07) is 10.4. The predicted octanol–water partition coefficient (Wildman–Crippen LogP) is 2.71. The average Bonchev–Trinajstić information content (AvgIpc) is 3.07. The van der Waals surface area contributed by atoms with Gasteiger partial charge in [-0.25, -0.2) is 0 Å². The molecule has 104 valence electrons. The van der Waals surface area contributed by atoms with Crippen LogP contribution in [0.2, 0.25) is 0 Å². The van der Waals surface area contributed by atoms with Crippen LogP contribution in [0.5, 0.6) is 0 Å². The van der Waals surface area contributed by atoms with Crippen LogP contribution in [-0.2, 0) is 7.05 Å². The molecule has 0 aliphatic carbocycles. The summed E-state index contributed by atoms with van der Waals surface area (Å²) in [6.45, 7) is 2.89. The van der Waals surface area contributed by atoms with Crippen molar-refractivity contribution in [2.24, 2.45) is 7.05 Å². The number of carbonyl (C=O) groups excluding carboxylic acids is 1. The first kappa shape index (κ1) is 12.9. The van der Waals surface area contributed by atoms with Crippen molar-refractivity contribution in [2.45, 2.75) is 25.8 Å². The molecule has 1 aromatic heterocycles. The van der Waals surface area contributed by atoms with E-state index in [1.807, 2.05) is 18.1 Å². The lowest BCUT2D eigenvalue weighted by molar-refractivity contribution is 0.0729. The summed E-state index contributed by atoms with van der Waals surface area (Å²) in [5.41, 5.74) is 3.00. The molecular weight excluding hydrogens is 250 g/mol. The van der Waals surface area contributed by atoms with E-state index in [0.717, 1.165) is 19.4 Å². The van der Waals surface area contributed by atoms with Crippen LogP contribution in [0.3, 0.4) is 0 Å². The van der Waals surface area contributed by atoms with Crippen LogP contribution in [0.15, 0.2) is 36.5 Å². The van der Waals surface area contributed by atoms with Crippen molar-refractivity contribution < 1.29 is 4.79 Å². The van der Waals surface area contributed by atoms with Crippen molar-refractivity contribution in [3.63, 3.8) is 0 Å². The Kier molecular flexibility index (Phi) is 3.30. The Hall–Kier alpha value is -2.10. The Morgan fingerprint density at radius 1 is 1.25 bits per heavy atom. The van der Waals surface area contributed by atoms with Crippen molar-refractivity contribution in [1.29, 1.82) is 0 Å². The molecule has 3 rings (SSSR count). The average molecular weight is 269 g/mol. The van der Waals surface area contributed by atoms with E-state index in [0.29, 0.717) is 5.69 Å². The minimum Gasteiger partial charge on any atom is -0.330 e. The number of likely N-dealkylation sites (tertiary alicyclic amines) is 1. The smallest absolute Gasteiger partial charge is 0.274 e. The molecule has 0 bridgehead atoms. The van der Waals surface area contributed by atoms with Crippen LogP contribution in [0.25, 0.3) is 0 Å². The minimum absolute atomic E-state index is 0.0358.